The Morgan fingerprint density at radius 3 is 1.55 bits per heavy atom. The molecule has 55 heavy (non-hydrogen) atoms. The molecule has 2 aliphatic rings. The van der Waals surface area contributed by atoms with E-state index < -0.39 is 5.97 Å². The summed E-state index contributed by atoms with van der Waals surface area (Å²) in [5.41, 5.74) is 1.95. The van der Waals surface area contributed by atoms with Crippen molar-refractivity contribution in [1.82, 2.24) is 9.80 Å². The summed E-state index contributed by atoms with van der Waals surface area (Å²) in [5, 5.41) is 8.60. The van der Waals surface area contributed by atoms with Gasteiger partial charge in [-0.25, -0.2) is 0 Å². The van der Waals surface area contributed by atoms with Gasteiger partial charge in [0.15, 0.2) is 11.6 Å². The number of carbonyl (C=O) groups is 6. The number of carboxylic acids is 1. The van der Waals surface area contributed by atoms with Crippen LogP contribution in [0, 0.1) is 23.7 Å². The van der Waals surface area contributed by atoms with Crippen molar-refractivity contribution in [2.24, 2.45) is 0 Å². The van der Waals surface area contributed by atoms with Gasteiger partial charge in [-0.05, 0) is 61.8 Å². The smallest absolute Gasteiger partial charge is 0.305 e. The molecule has 2 aromatic carbocycles. The number of benzene rings is 2. The second kappa shape index (κ2) is 25.3. The molecule has 0 bridgehead atoms. The first-order valence-corrected chi connectivity index (χ1v) is 18.9. The van der Waals surface area contributed by atoms with Gasteiger partial charge in [0.2, 0.25) is 11.8 Å². The van der Waals surface area contributed by atoms with Crippen LogP contribution in [0.2, 0.25) is 0 Å². The zero-order valence-corrected chi connectivity index (χ0v) is 31.8. The van der Waals surface area contributed by atoms with Gasteiger partial charge >= 0.3 is 11.9 Å². The third-order valence-corrected chi connectivity index (χ3v) is 9.02. The number of nitrogens with zero attached hydrogens (tertiary/aromatic N) is 2. The number of hydrogen-bond acceptors (Lipinski definition) is 7. The Bertz CT molecular complexity index is 1760. The van der Waals surface area contributed by atoms with E-state index >= 15 is 0 Å². The lowest BCUT2D eigenvalue weighted by molar-refractivity contribution is -0.141. The Kier molecular flexibility index (Phi) is 20.1. The Hall–Kier alpha value is -5.74. The maximum Gasteiger partial charge on any atom is 0.305 e. The lowest BCUT2D eigenvalue weighted by Gasteiger charge is -2.32. The molecule has 10 nitrogen and oxygen atoms in total. The number of rotatable bonds is 16. The summed E-state index contributed by atoms with van der Waals surface area (Å²) in [4.78, 5) is 73.8. The van der Waals surface area contributed by atoms with E-state index in [9.17, 15) is 28.8 Å². The predicted molar refractivity (Wildman–Crippen MR) is 210 cm³/mol. The molecular weight excluding hydrogens is 697 g/mol. The zero-order valence-electron chi connectivity index (χ0n) is 31.8. The van der Waals surface area contributed by atoms with Crippen LogP contribution in [0.25, 0.3) is 0 Å². The van der Waals surface area contributed by atoms with Crippen LogP contribution in [-0.4, -0.2) is 82.5 Å². The largest absolute Gasteiger partial charge is 0.481 e. The third kappa shape index (κ3) is 17.8. The zero-order chi connectivity index (χ0) is 39.7. The van der Waals surface area contributed by atoms with Gasteiger partial charge in [0.25, 0.3) is 0 Å². The molecule has 4 rings (SSSR count). The summed E-state index contributed by atoms with van der Waals surface area (Å²) in [5.74, 6) is 11.0. The lowest BCUT2D eigenvalue weighted by Crippen LogP contribution is -2.42. The second-order valence-electron chi connectivity index (χ2n) is 13.3. The second-order valence-corrected chi connectivity index (χ2v) is 13.3. The van der Waals surface area contributed by atoms with E-state index in [1.807, 2.05) is 72.8 Å². The molecule has 10 heteroatoms. The number of esters is 1. The van der Waals surface area contributed by atoms with Crippen LogP contribution in [0.5, 0.6) is 0 Å². The summed E-state index contributed by atoms with van der Waals surface area (Å²) in [6.07, 6.45) is 14.5. The van der Waals surface area contributed by atoms with Crippen LogP contribution < -0.4 is 0 Å². The standard InChI is InChI=1S/C23H27NO4.C22H25NO4/c1-28-23(27)14-7-2-3-8-17-24-20(12-9-13-22(24)26)15-16-21(25)18-19-10-5-4-6-11-19;24-20(17-18-9-4-3-5-10-18)15-14-19-11-8-12-21(25)23(19)16-7-2-1-6-13-22(26)27/h4-6,10-11,15-16,20H,2,7,9,12-14,17-18H2,1H3;3-5,9-10,14-15,19H,1,6,8,11-13,16-17H2,(H,26,27)/b16-15+;15-14+. The highest BCUT2D eigenvalue weighted by Gasteiger charge is 2.26. The maximum absolute atomic E-state index is 12.3. The van der Waals surface area contributed by atoms with Gasteiger partial charge in [-0.2, -0.15) is 0 Å². The average molecular weight is 749 g/mol. The molecule has 0 aliphatic carbocycles. The molecule has 2 aromatic rings. The molecule has 2 amide bonds. The van der Waals surface area contributed by atoms with Gasteiger partial charge < -0.3 is 19.6 Å². The van der Waals surface area contributed by atoms with Crippen LogP contribution in [0.1, 0.15) is 88.2 Å². The van der Waals surface area contributed by atoms with Gasteiger partial charge in [0.1, 0.15) is 0 Å². The van der Waals surface area contributed by atoms with Crippen LogP contribution in [0.3, 0.4) is 0 Å². The number of methoxy groups -OCH3 is 1. The highest BCUT2D eigenvalue weighted by Crippen LogP contribution is 2.20. The SMILES string of the molecule is COC(=O)CCCC#CCN1C(=O)CCCC1/C=C/C(=O)Cc1ccccc1.O=C(O)CCCC#CCN1C(=O)CCCC1/C=C/C(=O)Cc1ccccc1. The number of carboxylic acid groups (broad SMARTS) is 1. The van der Waals surface area contributed by atoms with E-state index in [-0.39, 0.29) is 47.9 Å². The van der Waals surface area contributed by atoms with Gasteiger partial charge in [-0.15, -0.1) is 11.8 Å². The molecule has 1 N–H and O–H groups in total. The van der Waals surface area contributed by atoms with Gasteiger partial charge in [-0.3, -0.25) is 28.8 Å². The van der Waals surface area contributed by atoms with Crippen molar-refractivity contribution in [1.29, 1.82) is 0 Å². The van der Waals surface area contributed by atoms with Crippen molar-refractivity contribution >= 4 is 35.3 Å². The fourth-order valence-electron chi connectivity index (χ4n) is 6.06. The van der Waals surface area contributed by atoms with Crippen LogP contribution in [0.15, 0.2) is 85.0 Å². The van der Waals surface area contributed by atoms with Crippen LogP contribution in [0.4, 0.5) is 0 Å². The highest BCUT2D eigenvalue weighted by molar-refractivity contribution is 5.92. The van der Waals surface area contributed by atoms with Crippen molar-refractivity contribution in [3.05, 3.63) is 96.1 Å². The Morgan fingerprint density at radius 2 is 1.13 bits per heavy atom. The summed E-state index contributed by atoms with van der Waals surface area (Å²) < 4.78 is 4.59. The fourth-order valence-corrected chi connectivity index (χ4v) is 6.06. The van der Waals surface area contributed by atoms with Crippen molar-refractivity contribution < 1.29 is 38.6 Å². The normalized spacial score (nSPS) is 16.7. The quantitative estimate of drug-likeness (QED) is 0.0945. The molecule has 2 unspecified atom stereocenters. The maximum atomic E-state index is 12.3. The Labute approximate surface area is 325 Å². The number of piperidine rings is 2. The number of likely N-dealkylation sites (tertiary alicyclic amines) is 2. The number of amides is 2. The molecule has 0 radical (unpaired) electrons. The van der Waals surface area contributed by atoms with E-state index in [0.717, 1.165) is 36.8 Å². The van der Waals surface area contributed by atoms with E-state index in [2.05, 4.69) is 28.4 Å². The Morgan fingerprint density at radius 1 is 0.691 bits per heavy atom. The number of ketones is 2. The number of ether oxygens (including phenoxy) is 1. The monoisotopic (exact) mass is 748 g/mol. The van der Waals surface area contributed by atoms with Crippen molar-refractivity contribution in [2.45, 2.75) is 102 Å². The predicted octanol–water partition coefficient (Wildman–Crippen LogP) is 6.08. The molecule has 2 saturated heterocycles. The topological polar surface area (TPSA) is 138 Å². The fraction of sp³-hybridized carbons (Fsp3) is 0.422. The van der Waals surface area contributed by atoms with Crippen molar-refractivity contribution in [3.63, 3.8) is 0 Å². The molecule has 2 atom stereocenters. The molecular formula is C45H52N2O8. The molecule has 0 saturated carbocycles. The van der Waals surface area contributed by atoms with Crippen molar-refractivity contribution in [2.75, 3.05) is 20.2 Å². The van der Waals surface area contributed by atoms with Gasteiger partial charge in [0.05, 0.1) is 32.3 Å². The molecule has 0 aromatic heterocycles. The van der Waals surface area contributed by atoms with E-state index in [4.69, 9.17) is 5.11 Å². The van der Waals surface area contributed by atoms with Crippen LogP contribution in [-0.2, 0) is 46.3 Å². The first-order chi connectivity index (χ1) is 26.7. The summed E-state index contributed by atoms with van der Waals surface area (Å²) in [6, 6.07) is 19.0. The third-order valence-electron chi connectivity index (χ3n) is 9.02. The number of aliphatic carboxylic acids is 1. The van der Waals surface area contributed by atoms with Crippen LogP contribution >= 0.6 is 0 Å². The van der Waals surface area contributed by atoms with E-state index in [1.165, 1.54) is 7.11 Å². The van der Waals surface area contributed by atoms with Crippen molar-refractivity contribution in [3.8, 4) is 23.7 Å². The summed E-state index contributed by atoms with van der Waals surface area (Å²) in [6.45, 7) is 0.659. The number of hydrogen-bond donors (Lipinski definition) is 1. The highest BCUT2D eigenvalue weighted by atomic mass is 16.5. The molecule has 0 spiro atoms. The molecule has 2 aliphatic heterocycles. The molecule has 290 valence electrons. The first-order valence-electron chi connectivity index (χ1n) is 18.9. The van der Waals surface area contributed by atoms with Gasteiger partial charge in [0, 0.05) is 51.4 Å². The Balaban J connectivity index is 0.000000296. The van der Waals surface area contributed by atoms with E-state index in [1.54, 1.807) is 22.0 Å². The number of carbonyl (C=O) groups excluding carboxylic acids is 5. The number of allylic oxidation sites excluding steroid dienone is 2. The molecule has 2 heterocycles. The van der Waals surface area contributed by atoms with Gasteiger partial charge in [-0.1, -0.05) is 84.7 Å². The minimum Gasteiger partial charge on any atom is -0.481 e. The van der Waals surface area contributed by atoms with E-state index in [0.29, 0.717) is 70.9 Å². The number of unbranched alkanes of at least 4 members (excludes halogenated alkanes) is 2. The molecule has 2 fully saturated rings. The first kappa shape index (κ1) is 43.7. The average Bonchev–Trinajstić information content (AvgIpc) is 3.18. The minimum atomic E-state index is -0.826. The minimum absolute atomic E-state index is 0.0129. The lowest BCUT2D eigenvalue weighted by atomic mass is 10.00. The summed E-state index contributed by atoms with van der Waals surface area (Å²) >= 11 is 0. The summed E-state index contributed by atoms with van der Waals surface area (Å²) in [7, 11) is 1.37.